The van der Waals surface area contributed by atoms with Crippen molar-refractivity contribution in [1.82, 2.24) is 14.5 Å². The molecule has 0 saturated carbocycles. The highest BCUT2D eigenvalue weighted by atomic mass is 35.5. The fourth-order valence-corrected chi connectivity index (χ4v) is 3.44. The third-order valence-electron chi connectivity index (χ3n) is 4.25. The summed E-state index contributed by atoms with van der Waals surface area (Å²) < 4.78 is 1.80. The van der Waals surface area contributed by atoms with Crippen LogP contribution in [0.5, 0.6) is 0 Å². The molecule has 4 nitrogen and oxygen atoms in total. The van der Waals surface area contributed by atoms with Crippen molar-refractivity contribution in [2.45, 2.75) is 13.8 Å². The Balaban J connectivity index is 2.17. The molecule has 0 N–H and O–H groups in total. The van der Waals surface area contributed by atoms with E-state index in [1.165, 1.54) is 0 Å². The lowest BCUT2D eigenvalue weighted by molar-refractivity contribution is 0.0767. The van der Waals surface area contributed by atoms with Crippen molar-refractivity contribution < 1.29 is 4.79 Å². The van der Waals surface area contributed by atoms with Crippen LogP contribution in [0.4, 0.5) is 0 Å². The number of carbonyl (C=O) groups excluding carboxylic acids is 1. The first-order valence-electron chi connectivity index (χ1n) is 8.54. The third kappa shape index (κ3) is 4.13. The maximum absolute atomic E-state index is 12.8. The van der Waals surface area contributed by atoms with Crippen LogP contribution < -0.4 is 0 Å². The van der Waals surface area contributed by atoms with Crippen molar-refractivity contribution in [2.24, 2.45) is 0 Å². The van der Waals surface area contributed by atoms with E-state index in [1.54, 1.807) is 46.0 Å². The maximum atomic E-state index is 12.8. The molecule has 1 heterocycles. The van der Waals surface area contributed by atoms with Gasteiger partial charge in [0.25, 0.3) is 5.91 Å². The van der Waals surface area contributed by atoms with E-state index < -0.39 is 0 Å². The minimum Gasteiger partial charge on any atom is -0.338 e. The van der Waals surface area contributed by atoms with Crippen LogP contribution in [0.25, 0.3) is 17.1 Å². The van der Waals surface area contributed by atoms with Gasteiger partial charge >= 0.3 is 0 Å². The molecule has 0 saturated heterocycles. The van der Waals surface area contributed by atoms with Gasteiger partial charge in [-0.3, -0.25) is 9.36 Å². The molecule has 0 unspecified atom stereocenters. The molecule has 2 aromatic carbocycles. The molecule has 140 valence electrons. The van der Waals surface area contributed by atoms with Gasteiger partial charge in [-0.2, -0.15) is 0 Å². The largest absolute Gasteiger partial charge is 0.338 e. The second-order valence-corrected chi connectivity index (χ2v) is 7.18. The van der Waals surface area contributed by atoms with Gasteiger partial charge < -0.3 is 4.90 Å². The first-order chi connectivity index (χ1) is 12.9. The first-order valence-corrected chi connectivity index (χ1v) is 9.68. The Bertz CT molecular complexity index is 963. The highest BCUT2D eigenvalue weighted by Crippen LogP contribution is 2.30. The zero-order valence-electron chi connectivity index (χ0n) is 14.9. The van der Waals surface area contributed by atoms with Gasteiger partial charge in [-0.1, -0.05) is 34.8 Å². The number of nitrogens with zero attached hydrogens (tertiary/aromatic N) is 3. The molecular weight excluding hydrogens is 405 g/mol. The van der Waals surface area contributed by atoms with Gasteiger partial charge in [-0.15, -0.1) is 0 Å². The van der Waals surface area contributed by atoms with Crippen LogP contribution in [0, 0.1) is 0 Å². The fourth-order valence-electron chi connectivity index (χ4n) is 2.82. The molecule has 0 atom stereocenters. The van der Waals surface area contributed by atoms with E-state index in [0.29, 0.717) is 45.4 Å². The smallest absolute Gasteiger partial charge is 0.274 e. The summed E-state index contributed by atoms with van der Waals surface area (Å²) in [6.07, 6.45) is 1.71. The quantitative estimate of drug-likeness (QED) is 0.507. The van der Waals surface area contributed by atoms with Crippen LogP contribution in [-0.2, 0) is 0 Å². The Kier molecular flexibility index (Phi) is 6.10. The lowest BCUT2D eigenvalue weighted by Gasteiger charge is -2.16. The molecular formula is C20H18Cl3N3O. The molecule has 0 aliphatic rings. The summed E-state index contributed by atoms with van der Waals surface area (Å²) in [5.41, 5.74) is 1.87. The average molecular weight is 423 g/mol. The molecule has 0 spiro atoms. The Labute approximate surface area is 173 Å². The number of benzene rings is 2. The minimum absolute atomic E-state index is 0.126. The molecule has 0 fully saturated rings. The van der Waals surface area contributed by atoms with Gasteiger partial charge in [0.15, 0.2) is 0 Å². The van der Waals surface area contributed by atoms with Crippen molar-refractivity contribution >= 4 is 40.7 Å². The molecule has 1 amide bonds. The number of imidazole rings is 1. The number of hydrogen-bond acceptors (Lipinski definition) is 2. The van der Waals surface area contributed by atoms with Crippen LogP contribution in [0.15, 0.2) is 48.7 Å². The molecule has 3 rings (SSSR count). The van der Waals surface area contributed by atoms with Crippen LogP contribution in [0.2, 0.25) is 15.1 Å². The number of amides is 1. The summed E-state index contributed by atoms with van der Waals surface area (Å²) >= 11 is 18.4. The third-order valence-corrected chi connectivity index (χ3v) is 5.04. The van der Waals surface area contributed by atoms with Gasteiger partial charge in [-0.25, -0.2) is 4.98 Å². The molecule has 1 aromatic heterocycles. The van der Waals surface area contributed by atoms with E-state index in [4.69, 9.17) is 34.8 Å². The number of carbonyl (C=O) groups is 1. The molecule has 0 aliphatic heterocycles. The Morgan fingerprint density at radius 2 is 1.63 bits per heavy atom. The number of hydrogen-bond donors (Lipinski definition) is 0. The molecule has 7 heteroatoms. The van der Waals surface area contributed by atoms with Gasteiger partial charge in [0.1, 0.15) is 11.5 Å². The molecule has 0 bridgehead atoms. The molecule has 0 radical (unpaired) electrons. The SMILES string of the molecule is CCN(CC)C(=O)c1cn(-c2ccc(Cl)cc2Cl)c(-c2ccc(Cl)cc2)n1. The van der Waals surface area contributed by atoms with Gasteiger partial charge in [0, 0.05) is 34.9 Å². The van der Waals surface area contributed by atoms with Crippen molar-refractivity contribution in [3.63, 3.8) is 0 Å². The second kappa shape index (κ2) is 8.34. The Morgan fingerprint density at radius 3 is 2.22 bits per heavy atom. The van der Waals surface area contributed by atoms with Crippen LogP contribution >= 0.6 is 34.8 Å². The lowest BCUT2D eigenvalue weighted by atomic mass is 10.2. The lowest BCUT2D eigenvalue weighted by Crippen LogP contribution is -2.30. The normalized spacial score (nSPS) is 10.9. The van der Waals surface area contributed by atoms with Crippen molar-refractivity contribution in [3.8, 4) is 17.1 Å². The Morgan fingerprint density at radius 1 is 1.00 bits per heavy atom. The van der Waals surface area contributed by atoms with Crippen molar-refractivity contribution in [2.75, 3.05) is 13.1 Å². The van der Waals surface area contributed by atoms with E-state index in [2.05, 4.69) is 4.98 Å². The summed E-state index contributed by atoms with van der Waals surface area (Å²) in [5.74, 6) is 0.477. The summed E-state index contributed by atoms with van der Waals surface area (Å²) in [6.45, 7) is 5.10. The molecule has 0 aliphatic carbocycles. The summed E-state index contributed by atoms with van der Waals surface area (Å²) in [6, 6.07) is 12.5. The first kappa shape index (κ1) is 19.7. The standard InChI is InChI=1S/C20H18Cl3N3O/c1-3-25(4-2)20(27)17-12-26(18-10-9-15(22)11-16(18)23)19(24-17)13-5-7-14(21)8-6-13/h5-12H,3-4H2,1-2H3. The predicted octanol–water partition coefficient (Wildman–Crippen LogP) is 5.98. The van der Waals surface area contributed by atoms with E-state index in [1.807, 2.05) is 26.0 Å². The van der Waals surface area contributed by atoms with E-state index in [0.717, 1.165) is 5.56 Å². The monoisotopic (exact) mass is 421 g/mol. The van der Waals surface area contributed by atoms with Gasteiger partial charge in [-0.05, 0) is 56.3 Å². The van der Waals surface area contributed by atoms with Crippen molar-refractivity contribution in [3.05, 3.63) is 69.4 Å². The Hall–Kier alpha value is -2.01. The van der Waals surface area contributed by atoms with Crippen LogP contribution in [0.1, 0.15) is 24.3 Å². The van der Waals surface area contributed by atoms with E-state index in [9.17, 15) is 4.79 Å². The zero-order valence-corrected chi connectivity index (χ0v) is 17.2. The van der Waals surface area contributed by atoms with Gasteiger partial charge in [0.2, 0.25) is 0 Å². The van der Waals surface area contributed by atoms with Crippen LogP contribution in [0.3, 0.4) is 0 Å². The summed E-state index contributed by atoms with van der Waals surface area (Å²) in [4.78, 5) is 19.1. The van der Waals surface area contributed by atoms with E-state index >= 15 is 0 Å². The zero-order chi connectivity index (χ0) is 19.6. The number of aromatic nitrogens is 2. The van der Waals surface area contributed by atoms with Crippen LogP contribution in [-0.4, -0.2) is 33.4 Å². The highest BCUT2D eigenvalue weighted by molar-refractivity contribution is 6.35. The van der Waals surface area contributed by atoms with E-state index in [-0.39, 0.29) is 5.91 Å². The fraction of sp³-hybridized carbons (Fsp3) is 0.200. The number of rotatable bonds is 5. The topological polar surface area (TPSA) is 38.1 Å². The molecule has 27 heavy (non-hydrogen) atoms. The van der Waals surface area contributed by atoms with Crippen molar-refractivity contribution in [1.29, 1.82) is 0 Å². The maximum Gasteiger partial charge on any atom is 0.274 e. The van der Waals surface area contributed by atoms with Gasteiger partial charge in [0.05, 0.1) is 10.7 Å². The molecule has 3 aromatic rings. The summed E-state index contributed by atoms with van der Waals surface area (Å²) in [5, 5.41) is 1.63. The average Bonchev–Trinajstić information content (AvgIpc) is 3.08. The summed E-state index contributed by atoms with van der Waals surface area (Å²) in [7, 11) is 0. The number of halogens is 3. The minimum atomic E-state index is -0.126. The highest BCUT2D eigenvalue weighted by Gasteiger charge is 2.21. The second-order valence-electron chi connectivity index (χ2n) is 5.90. The predicted molar refractivity (Wildman–Crippen MR) is 111 cm³/mol.